The molecule has 132 valence electrons. The Bertz CT molecular complexity index is 978. The predicted octanol–water partition coefficient (Wildman–Crippen LogP) is 3.92. The number of anilines is 2. The maximum atomic E-state index is 12.5. The molecule has 0 bridgehead atoms. The molecule has 2 aromatic heterocycles. The van der Waals surface area contributed by atoms with Crippen molar-refractivity contribution in [2.75, 3.05) is 23.4 Å². The molecule has 1 fully saturated rings. The zero-order valence-electron chi connectivity index (χ0n) is 13.9. The van der Waals surface area contributed by atoms with Crippen molar-refractivity contribution in [1.29, 1.82) is 0 Å². The van der Waals surface area contributed by atoms with E-state index in [2.05, 4.69) is 10.3 Å². The number of carbonyl (C=O) groups is 2. The van der Waals surface area contributed by atoms with Gasteiger partial charge in [0.05, 0.1) is 6.54 Å². The number of ether oxygens (including phenoxy) is 1. The van der Waals surface area contributed by atoms with Crippen molar-refractivity contribution in [3.05, 3.63) is 53.2 Å². The number of thiazole rings is 1. The first kappa shape index (κ1) is 16.3. The molecule has 1 aromatic carbocycles. The normalized spacial score (nSPS) is 13.7. The largest absolute Gasteiger partial charge is 0.459 e. The number of amides is 2. The first-order chi connectivity index (χ1) is 12.6. The molecule has 26 heavy (non-hydrogen) atoms. The second-order valence-electron chi connectivity index (χ2n) is 5.72. The van der Waals surface area contributed by atoms with E-state index in [1.807, 2.05) is 19.1 Å². The predicted molar refractivity (Wildman–Crippen MR) is 97.6 cm³/mol. The van der Waals surface area contributed by atoms with Crippen LogP contribution in [0.15, 0.2) is 46.2 Å². The Morgan fingerprint density at radius 3 is 2.92 bits per heavy atom. The number of nitrogens with zero attached hydrogens (tertiary/aromatic N) is 2. The van der Waals surface area contributed by atoms with Crippen LogP contribution in [0.2, 0.25) is 0 Å². The summed E-state index contributed by atoms with van der Waals surface area (Å²) < 4.78 is 10.5. The Morgan fingerprint density at radius 1 is 1.31 bits per heavy atom. The van der Waals surface area contributed by atoms with Crippen LogP contribution in [-0.2, 0) is 4.74 Å². The van der Waals surface area contributed by atoms with Crippen LogP contribution in [0.25, 0.3) is 10.8 Å². The third-order valence-corrected chi connectivity index (χ3v) is 4.72. The minimum Gasteiger partial charge on any atom is -0.459 e. The summed E-state index contributed by atoms with van der Waals surface area (Å²) in [5, 5.41) is 5.14. The topological polar surface area (TPSA) is 84.7 Å². The van der Waals surface area contributed by atoms with Gasteiger partial charge in [0.2, 0.25) is 0 Å². The van der Waals surface area contributed by atoms with Crippen LogP contribution in [0.5, 0.6) is 0 Å². The molecular weight excluding hydrogens is 354 g/mol. The lowest BCUT2D eigenvalue weighted by molar-refractivity contribution is 0.102. The lowest BCUT2D eigenvalue weighted by atomic mass is 10.2. The van der Waals surface area contributed by atoms with Gasteiger partial charge in [0.15, 0.2) is 10.8 Å². The highest BCUT2D eigenvalue weighted by atomic mass is 32.1. The lowest BCUT2D eigenvalue weighted by Gasteiger charge is -2.14. The standard InChI is InChI=1S/C18H15N3O4S/c1-11-5-6-15(25-11)17-20-14(10-26-17)16(22)19-12-3-2-4-13(9-12)21-7-8-24-18(21)23/h2-6,9-10H,7-8H2,1H3,(H,19,22). The van der Waals surface area contributed by atoms with E-state index in [4.69, 9.17) is 9.15 Å². The van der Waals surface area contributed by atoms with Crippen molar-refractivity contribution in [3.8, 4) is 10.8 Å². The number of hydrogen-bond acceptors (Lipinski definition) is 6. The highest BCUT2D eigenvalue weighted by Crippen LogP contribution is 2.26. The van der Waals surface area contributed by atoms with Gasteiger partial charge in [0.25, 0.3) is 5.91 Å². The third-order valence-electron chi connectivity index (χ3n) is 3.86. The van der Waals surface area contributed by atoms with E-state index in [1.165, 1.54) is 16.2 Å². The van der Waals surface area contributed by atoms with Gasteiger partial charge in [-0.25, -0.2) is 9.78 Å². The fraction of sp³-hybridized carbons (Fsp3) is 0.167. The molecule has 7 nitrogen and oxygen atoms in total. The average Bonchev–Trinajstić information content (AvgIpc) is 3.35. The highest BCUT2D eigenvalue weighted by molar-refractivity contribution is 7.13. The van der Waals surface area contributed by atoms with E-state index < -0.39 is 0 Å². The highest BCUT2D eigenvalue weighted by Gasteiger charge is 2.23. The van der Waals surface area contributed by atoms with Crippen LogP contribution in [0, 0.1) is 6.92 Å². The van der Waals surface area contributed by atoms with Crippen molar-refractivity contribution in [1.82, 2.24) is 4.98 Å². The smallest absolute Gasteiger partial charge is 0.414 e. The maximum absolute atomic E-state index is 12.5. The molecule has 1 aliphatic rings. The third kappa shape index (κ3) is 3.18. The maximum Gasteiger partial charge on any atom is 0.414 e. The number of furan rings is 1. The van der Waals surface area contributed by atoms with E-state index in [0.29, 0.717) is 41.0 Å². The van der Waals surface area contributed by atoms with Gasteiger partial charge < -0.3 is 14.5 Å². The van der Waals surface area contributed by atoms with Gasteiger partial charge in [-0.2, -0.15) is 0 Å². The van der Waals surface area contributed by atoms with Gasteiger partial charge in [-0.3, -0.25) is 9.69 Å². The second kappa shape index (κ2) is 6.64. The van der Waals surface area contributed by atoms with Crippen molar-refractivity contribution >= 4 is 34.7 Å². The zero-order chi connectivity index (χ0) is 18.1. The number of benzene rings is 1. The molecule has 4 rings (SSSR count). The van der Waals surface area contributed by atoms with Gasteiger partial charge in [-0.15, -0.1) is 11.3 Å². The van der Waals surface area contributed by atoms with E-state index >= 15 is 0 Å². The average molecular weight is 369 g/mol. The van der Waals surface area contributed by atoms with Gasteiger partial charge in [0.1, 0.15) is 18.1 Å². The van der Waals surface area contributed by atoms with Crippen LogP contribution in [0.1, 0.15) is 16.2 Å². The molecule has 8 heteroatoms. The number of rotatable bonds is 4. The molecule has 3 heterocycles. The molecule has 0 spiro atoms. The summed E-state index contributed by atoms with van der Waals surface area (Å²) in [6.07, 6.45) is -0.383. The fourth-order valence-corrected chi connectivity index (χ4v) is 3.38. The fourth-order valence-electron chi connectivity index (χ4n) is 2.62. The molecule has 0 radical (unpaired) electrons. The van der Waals surface area contributed by atoms with E-state index in [-0.39, 0.29) is 12.0 Å². The lowest BCUT2D eigenvalue weighted by Crippen LogP contribution is -2.23. The molecule has 0 saturated carbocycles. The van der Waals surface area contributed by atoms with Crippen molar-refractivity contribution in [2.45, 2.75) is 6.92 Å². The summed E-state index contributed by atoms with van der Waals surface area (Å²) in [5.41, 5.74) is 1.57. The zero-order valence-corrected chi connectivity index (χ0v) is 14.7. The number of aryl methyl sites for hydroxylation is 1. The summed E-state index contributed by atoms with van der Waals surface area (Å²) in [6, 6.07) is 10.7. The number of hydrogen-bond donors (Lipinski definition) is 1. The van der Waals surface area contributed by atoms with Crippen LogP contribution in [0.3, 0.4) is 0 Å². The minimum atomic E-state index is -0.383. The van der Waals surface area contributed by atoms with Gasteiger partial charge in [-0.05, 0) is 37.3 Å². The van der Waals surface area contributed by atoms with Gasteiger partial charge >= 0.3 is 6.09 Å². The second-order valence-corrected chi connectivity index (χ2v) is 6.58. The number of cyclic esters (lactones) is 1. The van der Waals surface area contributed by atoms with E-state index in [9.17, 15) is 9.59 Å². The van der Waals surface area contributed by atoms with Crippen molar-refractivity contribution in [3.63, 3.8) is 0 Å². The monoisotopic (exact) mass is 369 g/mol. The Labute approximate surface area is 153 Å². The molecule has 0 aliphatic carbocycles. The van der Waals surface area contributed by atoms with Crippen LogP contribution in [0.4, 0.5) is 16.2 Å². The van der Waals surface area contributed by atoms with Crippen molar-refractivity contribution in [2.24, 2.45) is 0 Å². The molecule has 1 aliphatic heterocycles. The number of nitrogens with one attached hydrogen (secondary N) is 1. The Balaban J connectivity index is 1.50. The summed E-state index contributed by atoms with van der Waals surface area (Å²) >= 11 is 1.34. The van der Waals surface area contributed by atoms with E-state index in [1.54, 1.807) is 29.6 Å². The molecular formula is C18H15N3O4S. The van der Waals surface area contributed by atoms with Crippen LogP contribution >= 0.6 is 11.3 Å². The van der Waals surface area contributed by atoms with Crippen molar-refractivity contribution < 1.29 is 18.7 Å². The number of carbonyl (C=O) groups excluding carboxylic acids is 2. The number of aromatic nitrogens is 1. The molecule has 3 aromatic rings. The molecule has 0 atom stereocenters. The first-order valence-corrected chi connectivity index (χ1v) is 8.86. The summed E-state index contributed by atoms with van der Waals surface area (Å²) in [4.78, 5) is 30.0. The summed E-state index contributed by atoms with van der Waals surface area (Å²) in [6.45, 7) is 2.71. The van der Waals surface area contributed by atoms with Gasteiger partial charge in [-0.1, -0.05) is 6.07 Å². The summed E-state index contributed by atoms with van der Waals surface area (Å²) in [5.74, 6) is 1.11. The Kier molecular flexibility index (Phi) is 4.18. The summed E-state index contributed by atoms with van der Waals surface area (Å²) in [7, 11) is 0. The Morgan fingerprint density at radius 2 is 2.19 bits per heavy atom. The molecule has 0 unspecified atom stereocenters. The van der Waals surface area contributed by atoms with Gasteiger partial charge in [0, 0.05) is 16.8 Å². The van der Waals surface area contributed by atoms with Crippen LogP contribution < -0.4 is 10.2 Å². The molecule has 2 amide bonds. The molecule has 1 saturated heterocycles. The quantitative estimate of drug-likeness (QED) is 0.753. The Hall–Kier alpha value is -3.13. The first-order valence-electron chi connectivity index (χ1n) is 7.98. The van der Waals surface area contributed by atoms with Crippen LogP contribution in [-0.4, -0.2) is 30.1 Å². The molecule has 1 N–H and O–H groups in total. The minimum absolute atomic E-state index is 0.310. The van der Waals surface area contributed by atoms with E-state index in [0.717, 1.165) is 5.76 Å². The SMILES string of the molecule is Cc1ccc(-c2nc(C(=O)Nc3cccc(N4CCOC4=O)c3)cs2)o1.